The van der Waals surface area contributed by atoms with Crippen molar-refractivity contribution in [1.82, 2.24) is 0 Å². The molecule has 0 aromatic heterocycles. The number of carbonyl (C=O) groups is 1. The van der Waals surface area contributed by atoms with Crippen LogP contribution in [-0.4, -0.2) is 13.0 Å². The number of aryl methyl sites for hydroxylation is 1. The summed E-state index contributed by atoms with van der Waals surface area (Å²) in [5.41, 5.74) is 1.68. The van der Waals surface area contributed by atoms with Gasteiger partial charge in [-0.1, -0.05) is 34.8 Å². The molecule has 2 rings (SSSR count). The second kappa shape index (κ2) is 6.56. The zero-order chi connectivity index (χ0) is 15.6. The smallest absolute Gasteiger partial charge is 0.257 e. The minimum atomic E-state index is -0.350. The SMILES string of the molecule is COc1cc(Cl)c(C)cc1NC(=O)c1ccc(Cl)cc1Cl. The molecule has 0 saturated heterocycles. The number of ether oxygens (including phenoxy) is 1. The van der Waals surface area contributed by atoms with Crippen LogP contribution in [0.3, 0.4) is 0 Å². The van der Waals surface area contributed by atoms with Gasteiger partial charge in [0.1, 0.15) is 5.75 Å². The topological polar surface area (TPSA) is 38.3 Å². The second-order valence-corrected chi connectivity index (χ2v) is 5.63. The number of anilines is 1. The molecule has 0 bridgehead atoms. The number of amides is 1. The van der Waals surface area contributed by atoms with Gasteiger partial charge in [0.25, 0.3) is 5.91 Å². The lowest BCUT2D eigenvalue weighted by Crippen LogP contribution is -2.13. The molecular weight excluding hydrogens is 333 g/mol. The first-order chi connectivity index (χ1) is 9.92. The number of hydrogen-bond acceptors (Lipinski definition) is 2. The van der Waals surface area contributed by atoms with Crippen molar-refractivity contribution < 1.29 is 9.53 Å². The van der Waals surface area contributed by atoms with Crippen molar-refractivity contribution in [3.63, 3.8) is 0 Å². The number of hydrogen-bond donors (Lipinski definition) is 1. The molecule has 0 heterocycles. The molecule has 0 saturated carbocycles. The molecule has 0 atom stereocenters. The normalized spacial score (nSPS) is 10.3. The van der Waals surface area contributed by atoms with Crippen molar-refractivity contribution >= 4 is 46.4 Å². The lowest BCUT2D eigenvalue weighted by atomic mass is 10.1. The van der Waals surface area contributed by atoms with Crippen LogP contribution < -0.4 is 10.1 Å². The zero-order valence-electron chi connectivity index (χ0n) is 11.3. The maximum Gasteiger partial charge on any atom is 0.257 e. The summed E-state index contributed by atoms with van der Waals surface area (Å²) in [6, 6.07) is 8.07. The summed E-state index contributed by atoms with van der Waals surface area (Å²) in [4.78, 5) is 12.3. The minimum absolute atomic E-state index is 0.282. The van der Waals surface area contributed by atoms with Gasteiger partial charge in [0.15, 0.2) is 0 Å². The Hall–Kier alpha value is -1.42. The van der Waals surface area contributed by atoms with Crippen molar-refractivity contribution in [1.29, 1.82) is 0 Å². The van der Waals surface area contributed by atoms with Crippen molar-refractivity contribution in [2.75, 3.05) is 12.4 Å². The lowest BCUT2D eigenvalue weighted by molar-refractivity contribution is 0.102. The van der Waals surface area contributed by atoms with Crippen LogP contribution in [0.1, 0.15) is 15.9 Å². The average molecular weight is 345 g/mol. The molecule has 21 heavy (non-hydrogen) atoms. The Morgan fingerprint density at radius 2 is 1.81 bits per heavy atom. The van der Waals surface area contributed by atoms with Crippen LogP contribution >= 0.6 is 34.8 Å². The predicted octanol–water partition coefficient (Wildman–Crippen LogP) is 5.22. The molecule has 0 fully saturated rings. The van der Waals surface area contributed by atoms with Crippen molar-refractivity contribution in [3.05, 3.63) is 56.5 Å². The van der Waals surface area contributed by atoms with Crippen LogP contribution in [0.15, 0.2) is 30.3 Å². The van der Waals surface area contributed by atoms with E-state index in [4.69, 9.17) is 39.5 Å². The molecule has 0 aliphatic heterocycles. The molecule has 1 amide bonds. The van der Waals surface area contributed by atoms with Gasteiger partial charge in [-0.05, 0) is 36.8 Å². The molecule has 3 nitrogen and oxygen atoms in total. The third kappa shape index (κ3) is 3.62. The fraction of sp³-hybridized carbons (Fsp3) is 0.133. The summed E-state index contributed by atoms with van der Waals surface area (Å²) < 4.78 is 5.21. The number of rotatable bonds is 3. The average Bonchev–Trinajstić information content (AvgIpc) is 2.42. The number of carbonyl (C=O) groups excluding carboxylic acids is 1. The van der Waals surface area contributed by atoms with Gasteiger partial charge in [0, 0.05) is 16.1 Å². The zero-order valence-corrected chi connectivity index (χ0v) is 13.6. The van der Waals surface area contributed by atoms with Gasteiger partial charge >= 0.3 is 0 Å². The highest BCUT2D eigenvalue weighted by Gasteiger charge is 2.14. The first-order valence-corrected chi connectivity index (χ1v) is 7.16. The molecule has 0 spiro atoms. The van der Waals surface area contributed by atoms with Crippen LogP contribution in [0.4, 0.5) is 5.69 Å². The van der Waals surface area contributed by atoms with E-state index in [1.807, 2.05) is 6.92 Å². The number of methoxy groups -OCH3 is 1. The maximum atomic E-state index is 12.3. The fourth-order valence-corrected chi connectivity index (χ4v) is 2.44. The quantitative estimate of drug-likeness (QED) is 0.829. The highest BCUT2D eigenvalue weighted by molar-refractivity contribution is 6.37. The predicted molar refractivity (Wildman–Crippen MR) is 87.2 cm³/mol. The van der Waals surface area contributed by atoms with Crippen LogP contribution in [-0.2, 0) is 0 Å². The van der Waals surface area contributed by atoms with E-state index < -0.39 is 0 Å². The van der Waals surface area contributed by atoms with Gasteiger partial charge < -0.3 is 10.1 Å². The molecule has 0 aliphatic rings. The van der Waals surface area contributed by atoms with Gasteiger partial charge in [-0.25, -0.2) is 0 Å². The molecule has 2 aromatic carbocycles. The molecule has 1 N–H and O–H groups in total. The Balaban J connectivity index is 2.33. The second-order valence-electron chi connectivity index (χ2n) is 4.38. The largest absolute Gasteiger partial charge is 0.495 e. The number of benzene rings is 2. The van der Waals surface area contributed by atoms with Crippen LogP contribution in [0.5, 0.6) is 5.75 Å². The van der Waals surface area contributed by atoms with E-state index in [9.17, 15) is 4.79 Å². The van der Waals surface area contributed by atoms with Gasteiger partial charge in [0.2, 0.25) is 0 Å². The number of halogens is 3. The summed E-state index contributed by atoms with van der Waals surface area (Å²) in [5, 5.41) is 4.07. The van der Waals surface area contributed by atoms with Crippen molar-refractivity contribution in [3.8, 4) is 5.75 Å². The third-order valence-electron chi connectivity index (χ3n) is 2.90. The lowest BCUT2D eigenvalue weighted by Gasteiger charge is -2.13. The summed E-state index contributed by atoms with van der Waals surface area (Å²) in [6.07, 6.45) is 0. The van der Waals surface area contributed by atoms with E-state index in [-0.39, 0.29) is 10.9 Å². The Labute approximate surface area is 137 Å². The van der Waals surface area contributed by atoms with Gasteiger partial charge in [-0.3, -0.25) is 4.79 Å². The Morgan fingerprint density at radius 1 is 1.10 bits per heavy atom. The highest BCUT2D eigenvalue weighted by atomic mass is 35.5. The van der Waals surface area contributed by atoms with Crippen molar-refractivity contribution in [2.24, 2.45) is 0 Å². The number of nitrogens with one attached hydrogen (secondary N) is 1. The summed E-state index contributed by atoms with van der Waals surface area (Å²) in [6.45, 7) is 1.84. The molecule has 0 radical (unpaired) electrons. The van der Waals surface area contributed by atoms with Gasteiger partial charge in [-0.2, -0.15) is 0 Å². The minimum Gasteiger partial charge on any atom is -0.495 e. The molecule has 2 aromatic rings. The van der Waals surface area contributed by atoms with E-state index in [0.29, 0.717) is 27.0 Å². The van der Waals surface area contributed by atoms with E-state index in [1.54, 1.807) is 24.3 Å². The van der Waals surface area contributed by atoms with Crippen molar-refractivity contribution in [2.45, 2.75) is 6.92 Å². The monoisotopic (exact) mass is 343 g/mol. The third-order valence-corrected chi connectivity index (χ3v) is 3.86. The molecule has 0 aliphatic carbocycles. The maximum absolute atomic E-state index is 12.3. The summed E-state index contributed by atoms with van der Waals surface area (Å²) in [5.74, 6) is 0.126. The Kier molecular flexibility index (Phi) is 4.99. The molecule has 6 heteroatoms. The molecule has 0 unspecified atom stereocenters. The van der Waals surface area contributed by atoms with Crippen LogP contribution in [0.25, 0.3) is 0 Å². The first kappa shape index (κ1) is 16.0. The van der Waals surface area contributed by atoms with E-state index >= 15 is 0 Å². The Morgan fingerprint density at radius 3 is 2.43 bits per heavy atom. The Bertz CT molecular complexity index is 702. The fourth-order valence-electron chi connectivity index (χ4n) is 1.79. The molecular formula is C15H12Cl3NO2. The standard InChI is InChI=1S/C15H12Cl3NO2/c1-8-5-13(14(21-2)7-11(8)17)19-15(20)10-4-3-9(16)6-12(10)18/h3-7H,1-2H3,(H,19,20). The molecule has 110 valence electrons. The van der Waals surface area contributed by atoms with Crippen LogP contribution in [0.2, 0.25) is 15.1 Å². The van der Waals surface area contributed by atoms with Gasteiger partial charge in [0.05, 0.1) is 23.4 Å². The van der Waals surface area contributed by atoms with Crippen LogP contribution in [0, 0.1) is 6.92 Å². The van der Waals surface area contributed by atoms with E-state index in [1.165, 1.54) is 13.2 Å². The van der Waals surface area contributed by atoms with E-state index in [0.717, 1.165) is 5.56 Å². The highest BCUT2D eigenvalue weighted by Crippen LogP contribution is 2.32. The van der Waals surface area contributed by atoms with Gasteiger partial charge in [-0.15, -0.1) is 0 Å². The summed E-state index contributed by atoms with van der Waals surface area (Å²) >= 11 is 17.9. The van der Waals surface area contributed by atoms with E-state index in [2.05, 4.69) is 5.32 Å². The first-order valence-electron chi connectivity index (χ1n) is 6.03. The summed E-state index contributed by atoms with van der Waals surface area (Å²) in [7, 11) is 1.51.